The number of aliphatic hydroxyl groups excluding tert-OH is 1. The van der Waals surface area contributed by atoms with Gasteiger partial charge in [-0.3, -0.25) is 14.5 Å². The molecule has 2 heterocycles. The molecule has 1 unspecified atom stereocenters. The first-order chi connectivity index (χ1) is 18.4. The Morgan fingerprint density at radius 1 is 1.03 bits per heavy atom. The number of amides is 1. The average molecular weight is 525 g/mol. The fraction of sp³-hybridized carbons (Fsp3) is 0.448. The van der Waals surface area contributed by atoms with Crippen LogP contribution in [0.3, 0.4) is 0 Å². The maximum absolute atomic E-state index is 13.3. The number of aliphatic hydroxyl groups is 1. The summed E-state index contributed by atoms with van der Waals surface area (Å²) >= 11 is 0. The molecule has 0 aromatic heterocycles. The molecule has 2 aromatic rings. The van der Waals surface area contributed by atoms with E-state index < -0.39 is 17.7 Å². The van der Waals surface area contributed by atoms with Crippen molar-refractivity contribution >= 4 is 17.4 Å². The molecular weight excluding hydrogens is 488 g/mol. The normalized spacial score (nSPS) is 19.6. The molecule has 38 heavy (non-hydrogen) atoms. The number of hydrogen-bond donors (Lipinski definition) is 2. The molecule has 2 saturated heterocycles. The molecule has 1 amide bonds. The van der Waals surface area contributed by atoms with Crippen molar-refractivity contribution in [3.63, 3.8) is 0 Å². The summed E-state index contributed by atoms with van der Waals surface area (Å²) < 4.78 is 16.7. The number of carbonyl (C=O) groups excluding carboxylic acids is 2. The number of carbonyl (C=O) groups is 2. The van der Waals surface area contributed by atoms with E-state index in [9.17, 15) is 19.8 Å². The van der Waals surface area contributed by atoms with Crippen LogP contribution in [0, 0.1) is 0 Å². The van der Waals surface area contributed by atoms with Gasteiger partial charge in [-0.1, -0.05) is 19.4 Å². The van der Waals surface area contributed by atoms with Crippen molar-refractivity contribution in [1.29, 1.82) is 0 Å². The summed E-state index contributed by atoms with van der Waals surface area (Å²) in [5.74, 6) is -0.804. The second-order valence-corrected chi connectivity index (χ2v) is 9.33. The highest BCUT2D eigenvalue weighted by Gasteiger charge is 2.46. The first kappa shape index (κ1) is 27.5. The second-order valence-electron chi connectivity index (χ2n) is 9.33. The lowest BCUT2D eigenvalue weighted by Crippen LogP contribution is -2.42. The van der Waals surface area contributed by atoms with Crippen molar-refractivity contribution in [2.24, 2.45) is 0 Å². The monoisotopic (exact) mass is 524 g/mol. The zero-order valence-corrected chi connectivity index (χ0v) is 22.0. The van der Waals surface area contributed by atoms with E-state index in [1.165, 1.54) is 11.0 Å². The van der Waals surface area contributed by atoms with E-state index in [4.69, 9.17) is 14.2 Å². The van der Waals surface area contributed by atoms with Gasteiger partial charge in [-0.05, 0) is 55.3 Å². The molecule has 0 aliphatic carbocycles. The summed E-state index contributed by atoms with van der Waals surface area (Å²) in [7, 11) is 0. The Balaban J connectivity index is 1.70. The third kappa shape index (κ3) is 6.11. The predicted octanol–water partition coefficient (Wildman–Crippen LogP) is 3.72. The minimum Gasteiger partial charge on any atom is -0.507 e. The fourth-order valence-corrected chi connectivity index (χ4v) is 4.70. The van der Waals surface area contributed by atoms with E-state index in [0.717, 1.165) is 25.9 Å². The molecule has 0 saturated carbocycles. The number of phenols is 1. The third-order valence-corrected chi connectivity index (χ3v) is 6.79. The molecule has 9 heteroatoms. The Hall–Kier alpha value is -3.56. The number of hydrogen-bond acceptors (Lipinski definition) is 8. The number of likely N-dealkylation sites (tertiary alicyclic amines) is 1. The number of nitrogens with zero attached hydrogens (tertiary/aromatic N) is 2. The van der Waals surface area contributed by atoms with Crippen molar-refractivity contribution in [2.45, 2.75) is 32.7 Å². The number of unbranched alkanes of at least 4 members (excludes halogenated alkanes) is 1. The number of phenolic OH excluding ortho intramolecular Hbond substituents is 1. The highest BCUT2D eigenvalue weighted by atomic mass is 16.5. The Labute approximate surface area is 223 Å². The largest absolute Gasteiger partial charge is 0.507 e. The summed E-state index contributed by atoms with van der Waals surface area (Å²) in [4.78, 5) is 30.3. The van der Waals surface area contributed by atoms with Gasteiger partial charge in [0.2, 0.25) is 0 Å². The van der Waals surface area contributed by atoms with Crippen LogP contribution in [-0.2, 0) is 14.3 Å². The molecule has 2 aliphatic rings. The number of morpholine rings is 1. The first-order valence-corrected chi connectivity index (χ1v) is 13.2. The summed E-state index contributed by atoms with van der Waals surface area (Å²) in [6.45, 7) is 8.41. The molecule has 0 radical (unpaired) electrons. The van der Waals surface area contributed by atoms with Crippen LogP contribution in [0.25, 0.3) is 5.76 Å². The lowest BCUT2D eigenvalue weighted by molar-refractivity contribution is -0.140. The highest BCUT2D eigenvalue weighted by Crippen LogP contribution is 2.41. The minimum absolute atomic E-state index is 0.00441. The lowest BCUT2D eigenvalue weighted by atomic mass is 9.95. The van der Waals surface area contributed by atoms with Crippen molar-refractivity contribution in [3.05, 3.63) is 59.2 Å². The molecular formula is C29H36N2O7. The lowest BCUT2D eigenvalue weighted by Gasteiger charge is -2.31. The molecule has 4 rings (SSSR count). The molecule has 0 bridgehead atoms. The van der Waals surface area contributed by atoms with E-state index in [0.29, 0.717) is 56.4 Å². The number of rotatable bonds is 11. The molecule has 1 atom stereocenters. The van der Waals surface area contributed by atoms with Crippen LogP contribution in [0.1, 0.15) is 43.9 Å². The summed E-state index contributed by atoms with van der Waals surface area (Å²) in [6.07, 6.45) is 1.96. The second kappa shape index (κ2) is 12.8. The summed E-state index contributed by atoms with van der Waals surface area (Å²) in [5, 5.41) is 21.6. The Bertz CT molecular complexity index is 1160. The molecule has 2 aliphatic heterocycles. The van der Waals surface area contributed by atoms with Crippen LogP contribution in [0.5, 0.6) is 17.2 Å². The van der Waals surface area contributed by atoms with Gasteiger partial charge in [-0.2, -0.15) is 0 Å². The topological polar surface area (TPSA) is 109 Å². The summed E-state index contributed by atoms with van der Waals surface area (Å²) in [6, 6.07) is 10.7. The molecule has 2 fully saturated rings. The summed E-state index contributed by atoms with van der Waals surface area (Å²) in [5.41, 5.74) is 0.978. The van der Waals surface area contributed by atoms with Crippen molar-refractivity contribution in [3.8, 4) is 17.2 Å². The number of benzene rings is 2. The van der Waals surface area contributed by atoms with Crippen molar-refractivity contribution in [2.75, 3.05) is 52.6 Å². The molecule has 2 aromatic carbocycles. The van der Waals surface area contributed by atoms with Crippen molar-refractivity contribution in [1.82, 2.24) is 9.80 Å². The standard InChI is InChI=1S/C29H36N2O7/c1-3-5-16-38-22-9-6-20(7-10-22)27(33)25-26(21-8-11-23(32)24(19-21)37-4-2)31(29(35)28(25)34)13-12-30-14-17-36-18-15-30/h6-11,19,26,32-33H,3-5,12-18H2,1-2H3/b27-25+. The molecule has 9 nitrogen and oxygen atoms in total. The zero-order chi connectivity index (χ0) is 27.1. The van der Waals surface area contributed by atoms with Gasteiger partial charge in [-0.25, -0.2) is 0 Å². The fourth-order valence-electron chi connectivity index (χ4n) is 4.70. The van der Waals surface area contributed by atoms with Gasteiger partial charge in [0.1, 0.15) is 11.5 Å². The third-order valence-electron chi connectivity index (χ3n) is 6.79. The molecule has 2 N–H and O–H groups in total. The zero-order valence-electron chi connectivity index (χ0n) is 22.0. The minimum atomic E-state index is -0.837. The smallest absolute Gasteiger partial charge is 0.295 e. The van der Waals surface area contributed by atoms with Crippen LogP contribution < -0.4 is 9.47 Å². The van der Waals surface area contributed by atoms with Crippen molar-refractivity contribution < 1.29 is 34.0 Å². The van der Waals surface area contributed by atoms with Gasteiger partial charge >= 0.3 is 0 Å². The van der Waals surface area contributed by atoms with E-state index in [1.807, 2.05) is 0 Å². The van der Waals surface area contributed by atoms with Crippen LogP contribution in [-0.4, -0.2) is 84.3 Å². The predicted molar refractivity (Wildman–Crippen MR) is 142 cm³/mol. The van der Waals surface area contributed by atoms with Gasteiger partial charge in [0.25, 0.3) is 11.7 Å². The first-order valence-electron chi connectivity index (χ1n) is 13.2. The van der Waals surface area contributed by atoms with E-state index >= 15 is 0 Å². The number of ketones is 1. The quantitative estimate of drug-likeness (QED) is 0.198. The number of Topliss-reactive ketones (excluding diaryl/α,β-unsaturated/α-hetero) is 1. The van der Waals surface area contributed by atoms with E-state index in [1.54, 1.807) is 43.3 Å². The van der Waals surface area contributed by atoms with Gasteiger partial charge in [0.05, 0.1) is 38.0 Å². The molecule has 204 valence electrons. The maximum atomic E-state index is 13.3. The van der Waals surface area contributed by atoms with Gasteiger partial charge in [0, 0.05) is 31.7 Å². The Morgan fingerprint density at radius 3 is 2.45 bits per heavy atom. The van der Waals surface area contributed by atoms with E-state index in [2.05, 4.69) is 11.8 Å². The van der Waals surface area contributed by atoms with Gasteiger partial charge in [-0.15, -0.1) is 0 Å². The maximum Gasteiger partial charge on any atom is 0.295 e. The van der Waals surface area contributed by atoms with Gasteiger partial charge in [0.15, 0.2) is 11.5 Å². The molecule has 0 spiro atoms. The number of ether oxygens (including phenoxy) is 3. The van der Waals surface area contributed by atoms with Gasteiger partial charge < -0.3 is 29.3 Å². The highest BCUT2D eigenvalue weighted by molar-refractivity contribution is 6.46. The average Bonchev–Trinajstić information content (AvgIpc) is 3.19. The SMILES string of the molecule is CCCCOc1ccc(/C(O)=C2\C(=O)C(=O)N(CCN3CCOCC3)C2c2ccc(O)c(OCC)c2)cc1. The Kier molecular flexibility index (Phi) is 9.25. The van der Waals surface area contributed by atoms with Crippen LogP contribution in [0.15, 0.2) is 48.0 Å². The van der Waals surface area contributed by atoms with Crippen LogP contribution in [0.2, 0.25) is 0 Å². The number of aromatic hydroxyl groups is 1. The van der Waals surface area contributed by atoms with Crippen LogP contribution >= 0.6 is 0 Å². The van der Waals surface area contributed by atoms with E-state index in [-0.39, 0.29) is 22.8 Å². The Morgan fingerprint density at radius 2 is 1.76 bits per heavy atom. The van der Waals surface area contributed by atoms with Crippen LogP contribution in [0.4, 0.5) is 0 Å².